The van der Waals surface area contributed by atoms with E-state index < -0.39 is 8.07 Å². The van der Waals surface area contributed by atoms with Gasteiger partial charge in [0.25, 0.3) is 0 Å². The third-order valence-electron chi connectivity index (χ3n) is 5.95. The van der Waals surface area contributed by atoms with E-state index in [0.29, 0.717) is 0 Å². The van der Waals surface area contributed by atoms with Crippen LogP contribution >= 0.6 is 0 Å². The molecule has 1 aliphatic rings. The molecule has 0 nitrogen and oxygen atoms in total. The molecule has 26 heavy (non-hydrogen) atoms. The number of halogens is 3. The minimum Gasteiger partial charge on any atom is -1.00 e. The largest absolute Gasteiger partial charge is 4.00 e. The van der Waals surface area contributed by atoms with E-state index in [2.05, 4.69) is 78.0 Å². The van der Waals surface area contributed by atoms with Crippen LogP contribution in [0.15, 0.2) is 47.1 Å². The van der Waals surface area contributed by atoms with Crippen LogP contribution in [0.25, 0.3) is 0 Å². The van der Waals surface area contributed by atoms with Crippen molar-refractivity contribution in [1.29, 1.82) is 0 Å². The van der Waals surface area contributed by atoms with Gasteiger partial charge >= 0.3 is 21.7 Å². The fraction of sp³-hybridized carbons (Fsp3) is 0.524. The summed E-state index contributed by atoms with van der Waals surface area (Å²) in [4.78, 5) is 0. The molecule has 0 spiro atoms. The summed E-state index contributed by atoms with van der Waals surface area (Å²) >= 11 is 0. The summed E-state index contributed by atoms with van der Waals surface area (Å²) in [5, 5.41) is 1.77. The monoisotopic (exact) mass is 464 g/mol. The van der Waals surface area contributed by atoms with Gasteiger partial charge < -0.3 is 37.2 Å². The Labute approximate surface area is 195 Å². The Morgan fingerprint density at radius 1 is 0.885 bits per heavy atom. The molecular weight excluding hydrogens is 435 g/mol. The second kappa shape index (κ2) is 12.9. The molecule has 1 unspecified atom stereocenters. The van der Waals surface area contributed by atoms with Crippen molar-refractivity contribution in [2.45, 2.75) is 71.5 Å². The Balaban J connectivity index is -0.00000132. The van der Waals surface area contributed by atoms with Crippen molar-refractivity contribution >= 4 is 13.3 Å². The molecule has 1 aromatic carbocycles. The summed E-state index contributed by atoms with van der Waals surface area (Å²) in [6.07, 6.45) is 6.48. The molecule has 1 aliphatic carbocycles. The molecule has 0 N–H and O–H groups in total. The van der Waals surface area contributed by atoms with Crippen LogP contribution in [-0.4, -0.2) is 8.07 Å². The van der Waals surface area contributed by atoms with E-state index in [1.54, 1.807) is 10.8 Å². The molecule has 0 bridgehead atoms. The van der Waals surface area contributed by atoms with Crippen molar-refractivity contribution in [3.05, 3.63) is 53.1 Å². The van der Waals surface area contributed by atoms with Gasteiger partial charge in [-0.05, 0) is 0 Å². The van der Waals surface area contributed by atoms with Crippen LogP contribution < -0.4 is 42.4 Å². The van der Waals surface area contributed by atoms with E-state index in [0.717, 1.165) is 0 Å². The van der Waals surface area contributed by atoms with Gasteiger partial charge in [0.05, 0.1) is 8.07 Å². The molecule has 2 rings (SSSR count). The number of hydrogen-bond donors (Lipinski definition) is 0. The van der Waals surface area contributed by atoms with Gasteiger partial charge in [0, 0.05) is 0 Å². The summed E-state index contributed by atoms with van der Waals surface area (Å²) in [6, 6.07) is 14.1. The molecular formula is C21H31Cl3SiTi. The minimum atomic E-state index is -1.70. The maximum absolute atomic E-state index is 3.94. The number of benzene rings is 1. The molecule has 0 aliphatic heterocycles. The summed E-state index contributed by atoms with van der Waals surface area (Å²) in [6.45, 7) is 14.1. The Hall–Kier alpha value is 0.501. The van der Waals surface area contributed by atoms with Gasteiger partial charge in [0.1, 0.15) is 0 Å². The molecule has 0 radical (unpaired) electrons. The molecule has 0 amide bonds. The first-order valence-electron chi connectivity index (χ1n) is 8.78. The smallest absolute Gasteiger partial charge is 1.00 e. The van der Waals surface area contributed by atoms with Gasteiger partial charge in [-0.25, -0.2) is 5.57 Å². The topological polar surface area (TPSA) is 0 Å². The van der Waals surface area contributed by atoms with Crippen molar-refractivity contribution in [1.82, 2.24) is 0 Å². The van der Waals surface area contributed by atoms with Crippen LogP contribution in [-0.2, 0) is 21.7 Å². The van der Waals surface area contributed by atoms with Gasteiger partial charge in [0.15, 0.2) is 0 Å². The zero-order valence-corrected chi connectivity index (χ0v) is 21.7. The van der Waals surface area contributed by atoms with Gasteiger partial charge in [0.2, 0.25) is 0 Å². The quantitative estimate of drug-likeness (QED) is 0.311. The van der Waals surface area contributed by atoms with E-state index in [1.165, 1.54) is 36.1 Å². The second-order valence-corrected chi connectivity index (χ2v) is 11.8. The van der Waals surface area contributed by atoms with E-state index >= 15 is 0 Å². The van der Waals surface area contributed by atoms with Gasteiger partial charge in [-0.3, -0.25) is 6.08 Å². The van der Waals surface area contributed by atoms with Crippen LogP contribution in [0.4, 0.5) is 0 Å². The van der Waals surface area contributed by atoms with E-state index in [4.69, 9.17) is 0 Å². The van der Waals surface area contributed by atoms with Crippen molar-refractivity contribution in [3.8, 4) is 0 Å². The molecule has 0 aromatic heterocycles. The second-order valence-electron chi connectivity index (χ2n) is 7.07. The predicted molar refractivity (Wildman–Crippen MR) is 101 cm³/mol. The Morgan fingerprint density at radius 3 is 1.69 bits per heavy atom. The minimum absolute atomic E-state index is 0. The maximum Gasteiger partial charge on any atom is 4.00 e. The first-order chi connectivity index (χ1) is 10.4. The third-order valence-corrected chi connectivity index (χ3v) is 12.5. The SMILES string of the molecule is CCC[Si](CCC)(c1ccccc1)C1(C)[C-]=C(C)C(C)=C1C.[Cl-].[Cl-].[Cl-].[Ti+4]. The summed E-state index contributed by atoms with van der Waals surface area (Å²) in [5.74, 6) is 0. The number of allylic oxidation sites excluding steroid dienone is 4. The fourth-order valence-electron chi connectivity index (χ4n) is 4.51. The van der Waals surface area contributed by atoms with Crippen LogP contribution in [0.1, 0.15) is 54.4 Å². The van der Waals surface area contributed by atoms with Crippen molar-refractivity contribution in [3.63, 3.8) is 0 Å². The Kier molecular flexibility index (Phi) is 15.4. The molecule has 144 valence electrons. The molecule has 1 aromatic rings. The Morgan fingerprint density at radius 2 is 1.35 bits per heavy atom. The average Bonchev–Trinajstić information content (AvgIpc) is 2.72. The summed E-state index contributed by atoms with van der Waals surface area (Å²) in [7, 11) is -1.70. The number of hydrogen-bond acceptors (Lipinski definition) is 0. The maximum atomic E-state index is 3.94. The van der Waals surface area contributed by atoms with E-state index in [1.807, 2.05) is 0 Å². The van der Waals surface area contributed by atoms with Crippen LogP contribution in [0.3, 0.4) is 0 Å². The molecule has 1 atom stereocenters. The molecule has 0 saturated heterocycles. The van der Waals surface area contributed by atoms with Crippen molar-refractivity contribution in [2.24, 2.45) is 0 Å². The zero-order chi connectivity index (χ0) is 16.4. The first kappa shape index (κ1) is 31.2. The van der Waals surface area contributed by atoms with Crippen LogP contribution in [0.2, 0.25) is 17.1 Å². The van der Waals surface area contributed by atoms with Gasteiger partial charge in [-0.1, -0.05) is 100 Å². The van der Waals surface area contributed by atoms with Gasteiger partial charge in [-0.15, -0.1) is 6.92 Å². The Bertz CT molecular complexity index is 593. The first-order valence-corrected chi connectivity index (χ1v) is 11.2. The summed E-state index contributed by atoms with van der Waals surface area (Å²) in [5.41, 5.74) is 4.42. The van der Waals surface area contributed by atoms with Crippen LogP contribution in [0.5, 0.6) is 0 Å². The third kappa shape index (κ3) is 5.31. The normalized spacial score (nSPS) is 18.8. The molecule has 0 fully saturated rings. The summed E-state index contributed by atoms with van der Waals surface area (Å²) < 4.78 is 0. The van der Waals surface area contributed by atoms with Crippen molar-refractivity contribution in [2.75, 3.05) is 0 Å². The molecule has 0 saturated carbocycles. The zero-order valence-electron chi connectivity index (χ0n) is 16.8. The molecule has 5 heteroatoms. The standard InChI is InChI=1S/C21H31Si.3ClH.Ti/c1-7-14-22(15-8-2,20-12-10-9-11-13-20)21(6)16-17(3)18(4)19(21)5;;;;/h9-13H,7-8,14-15H2,1-6H3;3*1H;/q-1;;;;+4/p-3. The fourth-order valence-corrected chi connectivity index (χ4v) is 10.8. The number of rotatable bonds is 6. The van der Waals surface area contributed by atoms with Crippen LogP contribution in [0, 0.1) is 6.08 Å². The van der Waals surface area contributed by atoms with E-state index in [-0.39, 0.29) is 64.0 Å². The predicted octanol–water partition coefficient (Wildman–Crippen LogP) is -2.97. The van der Waals surface area contributed by atoms with E-state index in [9.17, 15) is 0 Å². The van der Waals surface area contributed by atoms with Crippen molar-refractivity contribution < 1.29 is 58.9 Å². The molecule has 0 heterocycles. The average molecular weight is 466 g/mol. The van der Waals surface area contributed by atoms with Gasteiger partial charge in [-0.2, -0.15) is 11.1 Å².